The molecule has 6 atom stereocenters. The van der Waals surface area contributed by atoms with Crippen LogP contribution in [0.2, 0.25) is 0 Å². The number of rotatable bonds is 9. The van der Waals surface area contributed by atoms with Gasteiger partial charge in [0.2, 0.25) is 11.8 Å². The summed E-state index contributed by atoms with van der Waals surface area (Å²) in [5.41, 5.74) is 4.55. The van der Waals surface area contributed by atoms with Crippen molar-refractivity contribution >= 4 is 24.9 Å². The van der Waals surface area contributed by atoms with Gasteiger partial charge in [-0.2, -0.15) is 0 Å². The predicted molar refractivity (Wildman–Crippen MR) is 129 cm³/mol. The first-order valence-electron chi connectivity index (χ1n) is 12.7. The van der Waals surface area contributed by atoms with Gasteiger partial charge in [-0.3, -0.25) is 14.4 Å². The average Bonchev–Trinajstić information content (AvgIpc) is 3.01. The minimum absolute atomic E-state index is 0.00372. The number of hydrogen-bond donors (Lipinski definition) is 2. The Hall–Kier alpha value is -1.61. The van der Waals surface area contributed by atoms with E-state index in [4.69, 9.17) is 19.8 Å². The van der Waals surface area contributed by atoms with E-state index in [2.05, 4.69) is 39.9 Å². The SMILES string of the molecule is CC(C)C[C@H](NC(=O)[C@H](CC(N)=O)CC(=O)OC(C)(C)C)B1O[C@@H]2C[C@@H]3C[C@@H](C3(C)C)[C@]2(C)O1. The van der Waals surface area contributed by atoms with E-state index in [-0.39, 0.29) is 35.9 Å². The van der Waals surface area contributed by atoms with E-state index < -0.39 is 42.4 Å². The number of nitrogens with two attached hydrogens (primary N) is 1. The van der Waals surface area contributed by atoms with Crippen molar-refractivity contribution in [1.29, 1.82) is 0 Å². The molecule has 1 saturated heterocycles. The topological polar surface area (TPSA) is 117 Å². The minimum Gasteiger partial charge on any atom is -0.460 e. The van der Waals surface area contributed by atoms with Gasteiger partial charge in [-0.1, -0.05) is 27.7 Å². The molecule has 8 nitrogen and oxygen atoms in total. The second kappa shape index (κ2) is 9.45. The maximum Gasteiger partial charge on any atom is 0.481 e. The van der Waals surface area contributed by atoms with Gasteiger partial charge < -0.3 is 25.1 Å². The summed E-state index contributed by atoms with van der Waals surface area (Å²) in [5.74, 6) is -1.58. The van der Waals surface area contributed by atoms with Crippen LogP contribution in [0.15, 0.2) is 0 Å². The van der Waals surface area contributed by atoms with Crippen LogP contribution in [0.4, 0.5) is 0 Å². The third-order valence-electron chi connectivity index (χ3n) is 8.00. The lowest BCUT2D eigenvalue weighted by Crippen LogP contribution is -2.65. The molecule has 9 heteroatoms. The molecule has 0 spiro atoms. The van der Waals surface area contributed by atoms with Gasteiger partial charge in [0.05, 0.1) is 30.0 Å². The molecule has 192 valence electrons. The summed E-state index contributed by atoms with van der Waals surface area (Å²) in [4.78, 5) is 37.3. The lowest BCUT2D eigenvalue weighted by Gasteiger charge is -2.64. The van der Waals surface area contributed by atoms with Gasteiger partial charge in [0, 0.05) is 6.42 Å². The number of nitrogens with one attached hydrogen (secondary N) is 1. The van der Waals surface area contributed by atoms with E-state index in [9.17, 15) is 14.4 Å². The quantitative estimate of drug-likeness (QED) is 0.389. The van der Waals surface area contributed by atoms with E-state index in [1.165, 1.54) is 0 Å². The molecule has 1 aliphatic heterocycles. The molecule has 3 saturated carbocycles. The Bertz CT molecular complexity index is 810. The van der Waals surface area contributed by atoms with Crippen LogP contribution < -0.4 is 11.1 Å². The van der Waals surface area contributed by atoms with Crippen LogP contribution >= 0.6 is 0 Å². The second-order valence-electron chi connectivity index (χ2n) is 12.7. The van der Waals surface area contributed by atoms with Gasteiger partial charge in [0.15, 0.2) is 0 Å². The zero-order chi connectivity index (χ0) is 25.6. The molecule has 2 bridgehead atoms. The fraction of sp³-hybridized carbons (Fsp3) is 0.880. The van der Waals surface area contributed by atoms with Crippen molar-refractivity contribution in [2.45, 2.75) is 111 Å². The molecule has 4 rings (SSSR count). The molecule has 3 N–H and O–H groups in total. The highest BCUT2D eigenvalue weighted by molar-refractivity contribution is 6.47. The first-order valence-corrected chi connectivity index (χ1v) is 12.7. The van der Waals surface area contributed by atoms with Crippen LogP contribution in [0.5, 0.6) is 0 Å². The van der Waals surface area contributed by atoms with Crippen molar-refractivity contribution in [3.05, 3.63) is 0 Å². The minimum atomic E-state index is -0.909. The van der Waals surface area contributed by atoms with Gasteiger partial charge in [-0.05, 0) is 70.1 Å². The Balaban J connectivity index is 1.73. The Morgan fingerprint density at radius 2 is 1.79 bits per heavy atom. The lowest BCUT2D eigenvalue weighted by molar-refractivity contribution is -0.199. The van der Waals surface area contributed by atoms with E-state index in [0.717, 1.165) is 12.8 Å². The lowest BCUT2D eigenvalue weighted by atomic mass is 9.43. The smallest absolute Gasteiger partial charge is 0.460 e. The molecule has 34 heavy (non-hydrogen) atoms. The van der Waals surface area contributed by atoms with Crippen LogP contribution in [0.25, 0.3) is 0 Å². The number of ether oxygens (including phenoxy) is 1. The zero-order valence-electron chi connectivity index (χ0n) is 22.1. The van der Waals surface area contributed by atoms with Crippen LogP contribution in [0.3, 0.4) is 0 Å². The number of carbonyl (C=O) groups excluding carboxylic acids is 3. The van der Waals surface area contributed by atoms with Crippen LogP contribution in [-0.4, -0.2) is 48.1 Å². The molecule has 4 aliphatic rings. The number of carbonyl (C=O) groups is 3. The molecule has 0 aromatic rings. The van der Waals surface area contributed by atoms with Crippen LogP contribution in [-0.2, 0) is 28.4 Å². The normalized spacial score (nSPS) is 31.3. The maximum atomic E-state index is 13.3. The molecule has 2 amide bonds. The highest BCUT2D eigenvalue weighted by atomic mass is 16.7. The summed E-state index contributed by atoms with van der Waals surface area (Å²) < 4.78 is 18.4. The molecule has 4 fully saturated rings. The Morgan fingerprint density at radius 1 is 1.15 bits per heavy atom. The van der Waals surface area contributed by atoms with E-state index >= 15 is 0 Å². The summed E-state index contributed by atoms with van der Waals surface area (Å²) >= 11 is 0. The van der Waals surface area contributed by atoms with Gasteiger partial charge in [-0.15, -0.1) is 0 Å². The van der Waals surface area contributed by atoms with E-state index in [1.807, 2.05) is 0 Å². The highest BCUT2D eigenvalue weighted by Crippen LogP contribution is 2.65. The van der Waals surface area contributed by atoms with Crippen molar-refractivity contribution in [2.75, 3.05) is 0 Å². The fourth-order valence-corrected chi connectivity index (χ4v) is 6.20. The highest BCUT2D eigenvalue weighted by Gasteiger charge is 2.68. The number of hydrogen-bond acceptors (Lipinski definition) is 6. The summed E-state index contributed by atoms with van der Waals surface area (Å²) in [7, 11) is -0.577. The molecule has 0 aromatic carbocycles. The van der Waals surface area contributed by atoms with Crippen molar-refractivity contribution in [3.63, 3.8) is 0 Å². The first kappa shape index (κ1) is 27.0. The van der Waals surface area contributed by atoms with Gasteiger partial charge in [0.1, 0.15) is 5.60 Å². The summed E-state index contributed by atoms with van der Waals surface area (Å²) in [6.45, 7) is 16.2. The van der Waals surface area contributed by atoms with Crippen LogP contribution in [0.1, 0.15) is 87.5 Å². The summed E-state index contributed by atoms with van der Waals surface area (Å²) in [6.07, 6.45) is 2.31. The van der Waals surface area contributed by atoms with E-state index in [1.54, 1.807) is 20.8 Å². The van der Waals surface area contributed by atoms with Crippen molar-refractivity contribution < 1.29 is 28.4 Å². The molecule has 0 aromatic heterocycles. The Morgan fingerprint density at radius 3 is 2.32 bits per heavy atom. The maximum absolute atomic E-state index is 13.3. The van der Waals surface area contributed by atoms with Crippen molar-refractivity contribution in [2.24, 2.45) is 34.8 Å². The number of primary amides is 1. The Kier molecular flexibility index (Phi) is 7.50. The molecule has 0 unspecified atom stereocenters. The third-order valence-corrected chi connectivity index (χ3v) is 8.00. The van der Waals surface area contributed by atoms with Crippen molar-refractivity contribution in [3.8, 4) is 0 Å². The summed E-state index contributed by atoms with van der Waals surface area (Å²) in [6, 6.07) is 0. The van der Waals surface area contributed by atoms with Gasteiger partial charge in [0.25, 0.3) is 0 Å². The molecule has 0 radical (unpaired) electrons. The summed E-state index contributed by atoms with van der Waals surface area (Å²) in [5, 5.41) is 3.04. The fourth-order valence-electron chi connectivity index (χ4n) is 6.20. The van der Waals surface area contributed by atoms with Gasteiger partial charge >= 0.3 is 13.1 Å². The first-order chi connectivity index (χ1) is 15.5. The van der Waals surface area contributed by atoms with Crippen LogP contribution in [0, 0.1) is 29.1 Å². The van der Waals surface area contributed by atoms with E-state index in [0.29, 0.717) is 18.3 Å². The monoisotopic (exact) mass is 478 g/mol. The second-order valence-corrected chi connectivity index (χ2v) is 12.7. The Labute approximate surface area is 204 Å². The molecular formula is C25H43BN2O6. The predicted octanol–water partition coefficient (Wildman–Crippen LogP) is 3.01. The average molecular weight is 478 g/mol. The zero-order valence-corrected chi connectivity index (χ0v) is 22.1. The standard InChI is InChI=1S/C25H43BN2O6/c1-14(2)9-19(26-33-18-13-16-12-17(24(16,6)7)25(18,8)34-26)28-22(31)15(10-20(27)29)11-21(30)32-23(3,4)5/h14-19H,9-13H2,1-8H3,(H2,27,29)(H,28,31)/t15-,16+,17+,18-,19+,25+/m1/s1. The molecule has 1 heterocycles. The third kappa shape index (κ3) is 5.61. The largest absolute Gasteiger partial charge is 0.481 e. The van der Waals surface area contributed by atoms with Gasteiger partial charge in [-0.25, -0.2) is 0 Å². The molecular weight excluding hydrogens is 435 g/mol. The molecule has 3 aliphatic carbocycles. The number of amides is 2. The van der Waals surface area contributed by atoms with Crippen molar-refractivity contribution in [1.82, 2.24) is 5.32 Å². The number of esters is 1.